The molecule has 7 heteroatoms. The zero-order valence-corrected chi connectivity index (χ0v) is 14.2. The predicted molar refractivity (Wildman–Crippen MR) is 81.6 cm³/mol. The van der Waals surface area contributed by atoms with Gasteiger partial charge < -0.3 is 59.2 Å². The third kappa shape index (κ3) is 31.5. The van der Waals surface area contributed by atoms with Gasteiger partial charge in [0.05, 0.1) is 13.2 Å². The van der Waals surface area contributed by atoms with Crippen molar-refractivity contribution >= 4 is 58.5 Å². The second-order valence-corrected chi connectivity index (χ2v) is 4.90. The van der Waals surface area contributed by atoms with Crippen LogP contribution >= 0.6 is 24.4 Å². The Morgan fingerprint density at radius 1 is 0.882 bits per heavy atom. The van der Waals surface area contributed by atoms with Gasteiger partial charge in [0.25, 0.3) is 0 Å². The van der Waals surface area contributed by atoms with Crippen molar-refractivity contribution in [1.82, 2.24) is 0 Å². The minimum Gasteiger partial charge on any atom is -0.514 e. The van der Waals surface area contributed by atoms with Crippen molar-refractivity contribution in [2.24, 2.45) is 0 Å². The molecule has 0 spiro atoms. The van der Waals surface area contributed by atoms with Crippen LogP contribution in [-0.4, -0.2) is 22.0 Å². The van der Waals surface area contributed by atoms with E-state index < -0.39 is 0 Å². The van der Waals surface area contributed by atoms with E-state index in [0.717, 1.165) is 25.7 Å². The van der Waals surface area contributed by atoms with Gasteiger partial charge in [-0.3, -0.25) is 0 Å². The molecule has 0 saturated carbocycles. The van der Waals surface area contributed by atoms with Crippen LogP contribution in [0.1, 0.15) is 39.5 Å². The average molecular weight is 362 g/mol. The van der Waals surface area contributed by atoms with Crippen LogP contribution in [-0.2, 0) is 51.8 Å². The summed E-state index contributed by atoms with van der Waals surface area (Å²) in [5.41, 5.74) is 0. The number of rotatable bonds is 6. The largest absolute Gasteiger partial charge is 2.00 e. The molecule has 0 aromatic rings. The molecule has 105 valence electrons. The van der Waals surface area contributed by atoms with Gasteiger partial charge in [-0.25, -0.2) is 0 Å². The molecule has 0 N–H and O–H groups in total. The molecule has 0 bridgehead atoms. The van der Waals surface area contributed by atoms with Gasteiger partial charge in [-0.2, -0.15) is 0 Å². The van der Waals surface area contributed by atoms with E-state index >= 15 is 0 Å². The van der Waals surface area contributed by atoms with Crippen molar-refractivity contribution < 1.29 is 26.5 Å². The van der Waals surface area contributed by atoms with E-state index in [1.54, 1.807) is 0 Å². The normalized spacial score (nSPS) is 8.12. The maximum atomic E-state index is 4.83. The minimum absolute atomic E-state index is 0. The summed E-state index contributed by atoms with van der Waals surface area (Å²) < 4.78 is 10.1. The molecule has 0 unspecified atom stereocenters. The number of hydrogen-bond acceptors (Lipinski definition) is 6. The molecule has 0 fully saturated rings. The molecular weight excluding hydrogens is 344 g/mol. The van der Waals surface area contributed by atoms with Gasteiger partial charge in [0.1, 0.15) is 0 Å². The summed E-state index contributed by atoms with van der Waals surface area (Å²) in [5.74, 6) is 0. The zero-order chi connectivity index (χ0) is 12.8. The molecule has 0 rings (SSSR count). The molecule has 0 aliphatic carbocycles. The Bertz CT molecular complexity index is 171. The third-order valence-corrected chi connectivity index (χ3v) is 1.91. The van der Waals surface area contributed by atoms with Crippen molar-refractivity contribution in [1.29, 1.82) is 0 Å². The zero-order valence-electron chi connectivity index (χ0n) is 9.99. The monoisotopic (exact) mass is 361 g/mol. The molecule has 0 aliphatic rings. The van der Waals surface area contributed by atoms with Gasteiger partial charge in [-0.15, -0.1) is 0 Å². The van der Waals surface area contributed by atoms with Gasteiger partial charge in [0.2, 0.25) is 0 Å². The molecule has 0 atom stereocenters. The fourth-order valence-corrected chi connectivity index (χ4v) is 0.933. The van der Waals surface area contributed by atoms with Crippen LogP contribution in [0.25, 0.3) is 0 Å². The van der Waals surface area contributed by atoms with Gasteiger partial charge in [0, 0.05) is 8.77 Å². The first kappa shape index (κ1) is 22.9. The summed E-state index contributed by atoms with van der Waals surface area (Å²) >= 11 is 18.0. The fraction of sp³-hybridized carbons (Fsp3) is 0.800. The Morgan fingerprint density at radius 2 is 1.18 bits per heavy atom. The molecule has 0 heterocycles. The van der Waals surface area contributed by atoms with Crippen molar-refractivity contribution in [2.45, 2.75) is 39.5 Å². The molecule has 0 aromatic carbocycles. The van der Waals surface area contributed by atoms with Crippen LogP contribution in [0.3, 0.4) is 0 Å². The standard InChI is InChI=1S/2C5H10OS2.Cu/c2*1-2-3-4-6-5(7)8;/h2*2-4H2,1H3,(H,7,8);/q;;+2/p-2. The van der Waals surface area contributed by atoms with Crippen LogP contribution in [0.4, 0.5) is 0 Å². The number of unbranched alkanes of at least 4 members (excludes halogenated alkanes) is 2. The van der Waals surface area contributed by atoms with E-state index in [0.29, 0.717) is 13.2 Å². The van der Waals surface area contributed by atoms with Crippen LogP contribution in [0.5, 0.6) is 0 Å². The maximum Gasteiger partial charge on any atom is 2.00 e. The molecule has 0 saturated heterocycles. The molecule has 0 aromatic heterocycles. The van der Waals surface area contributed by atoms with E-state index in [-0.39, 0.29) is 25.8 Å². The number of hydrogen-bond donors (Lipinski definition) is 0. The van der Waals surface area contributed by atoms with Crippen LogP contribution < -0.4 is 0 Å². The summed E-state index contributed by atoms with van der Waals surface area (Å²) in [4.78, 5) is 0. The smallest absolute Gasteiger partial charge is 0.514 e. The Morgan fingerprint density at radius 3 is 1.35 bits per heavy atom. The minimum atomic E-state index is 0. The SMILES string of the molecule is CCCCOC(=S)[S-].CCCCOC(=S)[S-].[Cu+2]. The summed E-state index contributed by atoms with van der Waals surface area (Å²) in [6.07, 6.45) is 4.32. The average Bonchev–Trinajstić information content (AvgIpc) is 2.18. The molecular formula is C10H18CuO2S4. The molecule has 2 nitrogen and oxygen atoms in total. The Kier molecular flexibility index (Phi) is 25.7. The van der Waals surface area contributed by atoms with E-state index in [4.69, 9.17) is 9.47 Å². The summed E-state index contributed by atoms with van der Waals surface area (Å²) in [6.45, 7) is 5.54. The predicted octanol–water partition coefficient (Wildman–Crippen LogP) is 3.27. The number of ether oxygens (including phenoxy) is 2. The third-order valence-electron chi connectivity index (χ3n) is 1.44. The number of thiocarbonyl (C=S) groups is 2. The first-order valence-electron chi connectivity index (χ1n) is 5.22. The Balaban J connectivity index is -0.000000218. The van der Waals surface area contributed by atoms with Gasteiger partial charge in [-0.05, 0) is 12.8 Å². The molecule has 0 aliphatic heterocycles. The van der Waals surface area contributed by atoms with Gasteiger partial charge >= 0.3 is 17.1 Å². The van der Waals surface area contributed by atoms with Crippen molar-refractivity contribution in [2.75, 3.05) is 13.2 Å². The molecule has 1 radical (unpaired) electrons. The Labute approximate surface area is 137 Å². The molecule has 17 heavy (non-hydrogen) atoms. The van der Waals surface area contributed by atoms with E-state index in [2.05, 4.69) is 63.5 Å². The van der Waals surface area contributed by atoms with Crippen molar-refractivity contribution in [3.63, 3.8) is 0 Å². The van der Waals surface area contributed by atoms with Crippen molar-refractivity contribution in [3.8, 4) is 0 Å². The van der Waals surface area contributed by atoms with E-state index in [1.165, 1.54) is 0 Å². The quantitative estimate of drug-likeness (QED) is 0.310. The van der Waals surface area contributed by atoms with Crippen LogP contribution in [0.15, 0.2) is 0 Å². The summed E-state index contributed by atoms with van der Waals surface area (Å²) in [7, 11) is 0. The van der Waals surface area contributed by atoms with Gasteiger partial charge in [-0.1, -0.05) is 26.7 Å². The van der Waals surface area contributed by atoms with Crippen LogP contribution in [0, 0.1) is 0 Å². The topological polar surface area (TPSA) is 18.5 Å². The summed E-state index contributed by atoms with van der Waals surface area (Å²) in [6, 6.07) is 0. The maximum absolute atomic E-state index is 4.83. The van der Waals surface area contributed by atoms with E-state index in [9.17, 15) is 0 Å². The van der Waals surface area contributed by atoms with Crippen LogP contribution in [0.2, 0.25) is 0 Å². The first-order valence-corrected chi connectivity index (χ1v) is 6.85. The van der Waals surface area contributed by atoms with Crippen molar-refractivity contribution in [3.05, 3.63) is 0 Å². The summed E-state index contributed by atoms with van der Waals surface area (Å²) in [5, 5.41) is 0. The fourth-order valence-electron chi connectivity index (χ4n) is 0.600. The first-order chi connectivity index (χ1) is 7.54. The van der Waals surface area contributed by atoms with E-state index in [1.807, 2.05) is 0 Å². The second kappa shape index (κ2) is 19.1. The van der Waals surface area contributed by atoms with Gasteiger partial charge in [0.15, 0.2) is 0 Å². The Hall–Kier alpha value is 0.739. The second-order valence-electron chi connectivity index (χ2n) is 2.90. The molecule has 0 amide bonds.